The molecular weight excluding hydrogens is 250 g/mol. The molecule has 0 spiro atoms. The van der Waals surface area contributed by atoms with Gasteiger partial charge < -0.3 is 15.1 Å². The van der Waals surface area contributed by atoms with E-state index in [1.54, 1.807) is 4.90 Å². The van der Waals surface area contributed by atoms with Crippen LogP contribution in [0.4, 0.5) is 4.79 Å². The van der Waals surface area contributed by atoms with Crippen LogP contribution in [-0.2, 0) is 0 Å². The molecule has 0 unspecified atom stereocenters. The van der Waals surface area contributed by atoms with Crippen molar-refractivity contribution < 1.29 is 4.79 Å². The number of amides is 2. The molecule has 0 aliphatic carbocycles. The molecule has 1 heterocycles. The van der Waals surface area contributed by atoms with Gasteiger partial charge in [-0.05, 0) is 38.5 Å². The molecule has 0 aromatic carbocycles. The number of piperidine rings is 1. The van der Waals surface area contributed by atoms with Gasteiger partial charge in [-0.3, -0.25) is 0 Å². The Bertz CT molecular complexity index is 323. The number of nitrogens with one attached hydrogen (secondary N) is 1. The van der Waals surface area contributed by atoms with Gasteiger partial charge in [0.05, 0.1) is 0 Å². The van der Waals surface area contributed by atoms with Crippen LogP contribution < -0.4 is 5.32 Å². The first-order valence-electron chi connectivity index (χ1n) is 7.74. The molecule has 1 aliphatic rings. The van der Waals surface area contributed by atoms with Crippen molar-refractivity contribution in [2.45, 2.75) is 65.5 Å². The van der Waals surface area contributed by atoms with Crippen LogP contribution in [-0.4, -0.2) is 54.6 Å². The molecule has 0 aromatic rings. The van der Waals surface area contributed by atoms with Crippen molar-refractivity contribution >= 4 is 6.03 Å². The summed E-state index contributed by atoms with van der Waals surface area (Å²) < 4.78 is 0. The summed E-state index contributed by atoms with van der Waals surface area (Å²) in [4.78, 5) is 15.5. The Morgan fingerprint density at radius 2 is 1.65 bits per heavy atom. The molecule has 1 rings (SSSR count). The minimum absolute atomic E-state index is 0.136. The summed E-state index contributed by atoms with van der Waals surface area (Å²) in [5.41, 5.74) is 0.481. The third kappa shape index (κ3) is 5.70. The molecule has 20 heavy (non-hydrogen) atoms. The molecule has 2 amide bonds. The Labute approximate surface area is 124 Å². The fraction of sp³-hybridized carbons (Fsp3) is 0.938. The molecule has 1 aliphatic heterocycles. The second-order valence-electron chi connectivity index (χ2n) is 8.20. The van der Waals surface area contributed by atoms with E-state index in [9.17, 15) is 4.79 Å². The molecule has 4 nitrogen and oxygen atoms in total. The molecule has 1 N–H and O–H groups in total. The van der Waals surface area contributed by atoms with Gasteiger partial charge in [0.15, 0.2) is 0 Å². The Balaban J connectivity index is 2.44. The second kappa shape index (κ2) is 6.33. The van der Waals surface area contributed by atoms with E-state index in [1.807, 2.05) is 19.0 Å². The largest absolute Gasteiger partial charge is 0.331 e. The van der Waals surface area contributed by atoms with Crippen molar-refractivity contribution in [1.82, 2.24) is 15.1 Å². The molecule has 0 atom stereocenters. The quantitative estimate of drug-likeness (QED) is 0.864. The van der Waals surface area contributed by atoms with Crippen molar-refractivity contribution in [1.29, 1.82) is 0 Å². The van der Waals surface area contributed by atoms with Gasteiger partial charge in [0, 0.05) is 38.8 Å². The highest BCUT2D eigenvalue weighted by Gasteiger charge is 2.30. The van der Waals surface area contributed by atoms with Crippen molar-refractivity contribution in [2.75, 3.05) is 27.2 Å². The first-order chi connectivity index (χ1) is 9.00. The van der Waals surface area contributed by atoms with Crippen LogP contribution in [0.3, 0.4) is 0 Å². The smallest absolute Gasteiger partial charge is 0.319 e. The van der Waals surface area contributed by atoms with Crippen LogP contribution in [0.2, 0.25) is 0 Å². The highest BCUT2D eigenvalue weighted by molar-refractivity contribution is 5.73. The molecule has 0 bridgehead atoms. The number of rotatable bonds is 3. The average Bonchev–Trinajstić information content (AvgIpc) is 2.24. The van der Waals surface area contributed by atoms with Crippen molar-refractivity contribution in [2.24, 2.45) is 5.41 Å². The number of carbonyl (C=O) groups excluding carboxylic acids is 1. The van der Waals surface area contributed by atoms with Gasteiger partial charge in [-0.25, -0.2) is 4.79 Å². The van der Waals surface area contributed by atoms with E-state index in [1.165, 1.54) is 0 Å². The van der Waals surface area contributed by atoms with E-state index in [0.717, 1.165) is 32.4 Å². The second-order valence-corrected chi connectivity index (χ2v) is 8.20. The fourth-order valence-corrected chi connectivity index (χ4v) is 3.43. The summed E-state index contributed by atoms with van der Waals surface area (Å²) >= 11 is 0. The molecule has 4 heteroatoms. The zero-order chi connectivity index (χ0) is 15.6. The monoisotopic (exact) mass is 283 g/mol. The van der Waals surface area contributed by atoms with Crippen LogP contribution in [0.25, 0.3) is 0 Å². The average molecular weight is 283 g/mol. The van der Waals surface area contributed by atoms with Crippen molar-refractivity contribution in [3.8, 4) is 0 Å². The normalized spacial score (nSPS) is 18.2. The third-order valence-electron chi connectivity index (χ3n) is 3.72. The predicted molar refractivity (Wildman–Crippen MR) is 85.0 cm³/mol. The number of hydrogen-bond donors (Lipinski definition) is 1. The maximum Gasteiger partial charge on any atom is 0.319 e. The Hall–Kier alpha value is -0.770. The van der Waals surface area contributed by atoms with Crippen molar-refractivity contribution in [3.63, 3.8) is 0 Å². The maximum atomic E-state index is 11.9. The highest BCUT2D eigenvalue weighted by atomic mass is 16.2. The molecule has 0 radical (unpaired) electrons. The van der Waals surface area contributed by atoms with Crippen molar-refractivity contribution in [3.05, 3.63) is 0 Å². The van der Waals surface area contributed by atoms with Crippen LogP contribution in [0.1, 0.15) is 53.9 Å². The molecule has 0 aromatic heterocycles. The molecule has 1 fully saturated rings. The summed E-state index contributed by atoms with van der Waals surface area (Å²) in [5.74, 6) is 0. The van der Waals surface area contributed by atoms with E-state index in [2.05, 4.69) is 39.9 Å². The SMILES string of the molecule is CN(C)C(=O)N1CCC(NC(C)(C)CC(C)(C)C)CC1. The molecular formula is C16H33N3O. The Morgan fingerprint density at radius 1 is 1.15 bits per heavy atom. The molecule has 0 saturated carbocycles. The summed E-state index contributed by atoms with van der Waals surface area (Å²) in [6, 6.07) is 0.663. The topological polar surface area (TPSA) is 35.6 Å². The van der Waals surface area contributed by atoms with Gasteiger partial charge in [-0.15, -0.1) is 0 Å². The summed E-state index contributed by atoms with van der Waals surface area (Å²) in [6.07, 6.45) is 3.25. The standard InChI is InChI=1S/C16H33N3O/c1-15(2,3)12-16(4,5)17-13-8-10-19(11-9-13)14(20)18(6)7/h13,17H,8-12H2,1-7H3. The number of carbonyl (C=O) groups is 1. The highest BCUT2D eigenvalue weighted by Crippen LogP contribution is 2.28. The lowest BCUT2D eigenvalue weighted by molar-refractivity contribution is 0.140. The molecule has 1 saturated heterocycles. The van der Waals surface area contributed by atoms with E-state index in [-0.39, 0.29) is 11.6 Å². The van der Waals surface area contributed by atoms with Gasteiger partial charge >= 0.3 is 6.03 Å². The maximum absolute atomic E-state index is 11.9. The van der Waals surface area contributed by atoms with Crippen LogP contribution in [0.5, 0.6) is 0 Å². The Kier molecular flexibility index (Phi) is 5.47. The Morgan fingerprint density at radius 3 is 2.05 bits per heavy atom. The summed E-state index contributed by atoms with van der Waals surface area (Å²) in [6.45, 7) is 13.2. The lowest BCUT2D eigenvalue weighted by Gasteiger charge is -2.40. The molecule has 118 valence electrons. The van der Waals surface area contributed by atoms with E-state index < -0.39 is 0 Å². The zero-order valence-electron chi connectivity index (χ0n) is 14.4. The number of nitrogens with zero attached hydrogens (tertiary/aromatic N) is 2. The van der Waals surface area contributed by atoms with E-state index in [4.69, 9.17) is 0 Å². The van der Waals surface area contributed by atoms with Gasteiger partial charge in [0.1, 0.15) is 0 Å². The minimum atomic E-state index is 0.136. The zero-order valence-corrected chi connectivity index (χ0v) is 14.4. The first kappa shape index (κ1) is 17.3. The van der Waals surface area contributed by atoms with Gasteiger partial charge in [0.2, 0.25) is 0 Å². The number of likely N-dealkylation sites (tertiary alicyclic amines) is 1. The fourth-order valence-electron chi connectivity index (χ4n) is 3.43. The van der Waals surface area contributed by atoms with Crippen LogP contribution in [0.15, 0.2) is 0 Å². The lowest BCUT2D eigenvalue weighted by atomic mass is 9.81. The van der Waals surface area contributed by atoms with E-state index in [0.29, 0.717) is 11.5 Å². The van der Waals surface area contributed by atoms with E-state index >= 15 is 0 Å². The number of urea groups is 1. The predicted octanol–water partition coefficient (Wildman–Crippen LogP) is 2.94. The van der Waals surface area contributed by atoms with Gasteiger partial charge in [-0.2, -0.15) is 0 Å². The lowest BCUT2D eigenvalue weighted by Crippen LogP contribution is -2.53. The third-order valence-corrected chi connectivity index (χ3v) is 3.72. The first-order valence-corrected chi connectivity index (χ1v) is 7.74. The van der Waals surface area contributed by atoms with Crippen LogP contribution in [0, 0.1) is 5.41 Å². The van der Waals surface area contributed by atoms with Gasteiger partial charge in [0.25, 0.3) is 0 Å². The van der Waals surface area contributed by atoms with Crippen LogP contribution >= 0.6 is 0 Å². The summed E-state index contributed by atoms with van der Waals surface area (Å²) in [5, 5.41) is 3.79. The van der Waals surface area contributed by atoms with Gasteiger partial charge in [-0.1, -0.05) is 20.8 Å². The number of hydrogen-bond acceptors (Lipinski definition) is 2. The minimum Gasteiger partial charge on any atom is -0.331 e. The summed E-state index contributed by atoms with van der Waals surface area (Å²) in [7, 11) is 3.64.